The van der Waals surface area contributed by atoms with Crippen molar-refractivity contribution >= 4 is 0 Å². The normalized spacial score (nSPS) is 37.9. The molecule has 3 aliphatic rings. The van der Waals surface area contributed by atoms with Gasteiger partial charge in [-0.25, -0.2) is 0 Å². The molecule has 0 aliphatic carbocycles. The summed E-state index contributed by atoms with van der Waals surface area (Å²) < 4.78 is 0. The van der Waals surface area contributed by atoms with Gasteiger partial charge in [0.15, 0.2) is 0 Å². The van der Waals surface area contributed by atoms with Gasteiger partial charge in [-0.2, -0.15) is 0 Å². The lowest BCUT2D eigenvalue weighted by Crippen LogP contribution is -2.48. The largest absolute Gasteiger partial charge is 0.314 e. The molecule has 3 fully saturated rings. The molecule has 3 unspecified atom stereocenters. The fraction of sp³-hybridized carbons (Fsp3) is 1.00. The van der Waals surface area contributed by atoms with Gasteiger partial charge >= 0.3 is 0 Å². The molecule has 0 aromatic rings. The number of hydrogen-bond acceptors (Lipinski definition) is 3. The molecule has 3 atom stereocenters. The predicted octanol–water partition coefficient (Wildman–Crippen LogP) is 1.93. The van der Waals surface area contributed by atoms with Crippen molar-refractivity contribution in [2.75, 3.05) is 33.2 Å². The molecule has 3 rings (SSSR count). The summed E-state index contributed by atoms with van der Waals surface area (Å²) in [7, 11) is 2.33. The van der Waals surface area contributed by atoms with Gasteiger partial charge in [0.1, 0.15) is 0 Å². The van der Waals surface area contributed by atoms with Gasteiger partial charge in [0.25, 0.3) is 0 Å². The van der Waals surface area contributed by atoms with Gasteiger partial charge in [0.2, 0.25) is 0 Å². The number of piperidine rings is 1. The van der Waals surface area contributed by atoms with Crippen LogP contribution in [0.15, 0.2) is 0 Å². The first-order chi connectivity index (χ1) is 9.22. The fourth-order valence-corrected chi connectivity index (χ4v) is 4.42. The molecule has 3 heterocycles. The van der Waals surface area contributed by atoms with Crippen LogP contribution in [0.4, 0.5) is 0 Å². The van der Waals surface area contributed by atoms with Crippen LogP contribution in [0.5, 0.6) is 0 Å². The highest BCUT2D eigenvalue weighted by atomic mass is 15.2. The highest BCUT2D eigenvalue weighted by molar-refractivity contribution is 4.96. The zero-order valence-electron chi connectivity index (χ0n) is 12.8. The molecular weight excluding hydrogens is 234 g/mol. The van der Waals surface area contributed by atoms with E-state index in [0.717, 1.165) is 24.0 Å². The molecule has 0 aromatic carbocycles. The van der Waals surface area contributed by atoms with Crippen molar-refractivity contribution in [1.29, 1.82) is 0 Å². The summed E-state index contributed by atoms with van der Waals surface area (Å²) in [4.78, 5) is 5.27. The lowest BCUT2D eigenvalue weighted by atomic mass is 9.97. The Morgan fingerprint density at radius 2 is 1.74 bits per heavy atom. The second-order valence-electron chi connectivity index (χ2n) is 7.24. The first-order valence-corrected chi connectivity index (χ1v) is 8.40. The maximum atomic E-state index is 3.86. The van der Waals surface area contributed by atoms with Gasteiger partial charge in [0, 0.05) is 24.7 Å². The third kappa shape index (κ3) is 3.32. The smallest absolute Gasteiger partial charge is 0.0111 e. The molecule has 3 nitrogen and oxygen atoms in total. The van der Waals surface area contributed by atoms with Gasteiger partial charge in [-0.1, -0.05) is 6.92 Å². The SMILES string of the molecule is CC(CNC1CC2CCC(C1)N2C)CN1CCCC1. The Hall–Kier alpha value is -0.120. The van der Waals surface area contributed by atoms with Crippen molar-refractivity contribution < 1.29 is 0 Å². The topological polar surface area (TPSA) is 18.5 Å². The van der Waals surface area contributed by atoms with E-state index < -0.39 is 0 Å². The maximum Gasteiger partial charge on any atom is 0.0111 e. The number of nitrogens with one attached hydrogen (secondary N) is 1. The summed E-state index contributed by atoms with van der Waals surface area (Å²) in [5.41, 5.74) is 0. The molecule has 3 saturated heterocycles. The summed E-state index contributed by atoms with van der Waals surface area (Å²) in [6, 6.07) is 2.52. The molecule has 2 bridgehead atoms. The zero-order chi connectivity index (χ0) is 13.2. The maximum absolute atomic E-state index is 3.86. The van der Waals surface area contributed by atoms with Crippen LogP contribution in [0.2, 0.25) is 0 Å². The molecule has 110 valence electrons. The van der Waals surface area contributed by atoms with Crippen LogP contribution in [0.1, 0.15) is 45.4 Å². The van der Waals surface area contributed by atoms with E-state index in [2.05, 4.69) is 29.1 Å². The van der Waals surface area contributed by atoms with Crippen LogP contribution in [-0.4, -0.2) is 61.2 Å². The van der Waals surface area contributed by atoms with Crippen molar-refractivity contribution in [2.24, 2.45) is 5.92 Å². The minimum absolute atomic E-state index is 0.787. The van der Waals surface area contributed by atoms with E-state index in [1.165, 1.54) is 64.7 Å². The van der Waals surface area contributed by atoms with E-state index in [1.807, 2.05) is 0 Å². The van der Waals surface area contributed by atoms with Gasteiger partial charge in [-0.3, -0.25) is 0 Å². The Kier molecular flexibility index (Phi) is 4.45. The van der Waals surface area contributed by atoms with Crippen molar-refractivity contribution in [2.45, 2.75) is 63.6 Å². The molecule has 0 spiro atoms. The second-order valence-corrected chi connectivity index (χ2v) is 7.24. The van der Waals surface area contributed by atoms with E-state index >= 15 is 0 Å². The lowest BCUT2D eigenvalue weighted by Gasteiger charge is -2.37. The van der Waals surface area contributed by atoms with E-state index in [-0.39, 0.29) is 0 Å². The van der Waals surface area contributed by atoms with E-state index in [4.69, 9.17) is 0 Å². The average molecular weight is 265 g/mol. The lowest BCUT2D eigenvalue weighted by molar-refractivity contribution is 0.145. The quantitative estimate of drug-likeness (QED) is 0.819. The Bertz CT molecular complexity index is 274. The van der Waals surface area contributed by atoms with Crippen LogP contribution in [-0.2, 0) is 0 Å². The summed E-state index contributed by atoms with van der Waals surface area (Å²) in [6.07, 6.45) is 8.45. The summed E-state index contributed by atoms with van der Waals surface area (Å²) in [5.74, 6) is 0.801. The molecular formula is C16H31N3. The molecule has 19 heavy (non-hydrogen) atoms. The van der Waals surface area contributed by atoms with Crippen LogP contribution in [0.3, 0.4) is 0 Å². The first kappa shape index (κ1) is 13.8. The fourth-order valence-electron chi connectivity index (χ4n) is 4.42. The highest BCUT2D eigenvalue weighted by Gasteiger charge is 2.38. The standard InChI is InChI=1S/C16H31N3/c1-13(12-19-7-3-4-8-19)11-17-14-9-15-5-6-16(10-14)18(15)2/h13-17H,3-12H2,1-2H3. The van der Waals surface area contributed by atoms with Crippen LogP contribution in [0.25, 0.3) is 0 Å². The molecule has 0 saturated carbocycles. The van der Waals surface area contributed by atoms with E-state index in [0.29, 0.717) is 0 Å². The molecule has 0 amide bonds. The third-order valence-electron chi connectivity index (χ3n) is 5.62. The molecule has 1 N–H and O–H groups in total. The van der Waals surface area contributed by atoms with Crippen molar-refractivity contribution in [1.82, 2.24) is 15.1 Å². The second kappa shape index (κ2) is 6.11. The monoisotopic (exact) mass is 265 g/mol. The third-order valence-corrected chi connectivity index (χ3v) is 5.62. The first-order valence-electron chi connectivity index (χ1n) is 8.40. The summed E-state index contributed by atoms with van der Waals surface area (Å²) in [6.45, 7) is 7.59. The van der Waals surface area contributed by atoms with Gasteiger partial charge in [-0.05, 0) is 71.1 Å². The highest BCUT2D eigenvalue weighted by Crippen LogP contribution is 2.34. The Morgan fingerprint density at radius 3 is 2.37 bits per heavy atom. The number of nitrogens with zero attached hydrogens (tertiary/aromatic N) is 2. The van der Waals surface area contributed by atoms with Crippen LogP contribution >= 0.6 is 0 Å². The summed E-state index contributed by atoms with van der Waals surface area (Å²) >= 11 is 0. The average Bonchev–Trinajstić information content (AvgIpc) is 2.94. The zero-order valence-corrected chi connectivity index (χ0v) is 12.8. The number of likely N-dealkylation sites (tertiary alicyclic amines) is 1. The van der Waals surface area contributed by atoms with Gasteiger partial charge in [0.05, 0.1) is 0 Å². The Morgan fingerprint density at radius 1 is 1.11 bits per heavy atom. The Labute approximate surface area is 118 Å². The van der Waals surface area contributed by atoms with E-state index in [9.17, 15) is 0 Å². The predicted molar refractivity (Wildman–Crippen MR) is 80.4 cm³/mol. The molecule has 3 aliphatic heterocycles. The van der Waals surface area contributed by atoms with Gasteiger partial charge < -0.3 is 15.1 Å². The number of rotatable bonds is 5. The van der Waals surface area contributed by atoms with Gasteiger partial charge in [-0.15, -0.1) is 0 Å². The number of fused-ring (bicyclic) bond motifs is 2. The van der Waals surface area contributed by atoms with Crippen molar-refractivity contribution in [3.63, 3.8) is 0 Å². The minimum Gasteiger partial charge on any atom is -0.314 e. The number of hydrogen-bond donors (Lipinski definition) is 1. The van der Waals surface area contributed by atoms with Crippen LogP contribution < -0.4 is 5.32 Å². The van der Waals surface area contributed by atoms with Crippen LogP contribution in [0, 0.1) is 5.92 Å². The van der Waals surface area contributed by atoms with Crippen molar-refractivity contribution in [3.8, 4) is 0 Å². The minimum atomic E-state index is 0.787. The Balaban J connectivity index is 1.38. The molecule has 0 radical (unpaired) electrons. The molecule has 3 heteroatoms. The van der Waals surface area contributed by atoms with E-state index in [1.54, 1.807) is 0 Å². The molecule has 0 aromatic heterocycles. The van der Waals surface area contributed by atoms with Crippen molar-refractivity contribution in [3.05, 3.63) is 0 Å². The summed E-state index contributed by atoms with van der Waals surface area (Å²) in [5, 5.41) is 3.86.